The Labute approximate surface area is 105 Å². The number of methoxy groups -OCH3 is 1. The molecule has 0 heterocycles. The molecule has 98 valence electrons. The molecule has 0 aliphatic rings. The van der Waals surface area contributed by atoms with Crippen molar-refractivity contribution in [1.29, 1.82) is 0 Å². The summed E-state index contributed by atoms with van der Waals surface area (Å²) in [5.74, 6) is -0.255. The van der Waals surface area contributed by atoms with Gasteiger partial charge in [0.2, 0.25) is 11.8 Å². The van der Waals surface area contributed by atoms with Crippen LogP contribution in [0.15, 0.2) is 24.3 Å². The molecule has 0 fully saturated rings. The number of nitrogens with one attached hydrogen (secondary N) is 1. The van der Waals surface area contributed by atoms with Crippen molar-refractivity contribution in [3.05, 3.63) is 29.8 Å². The first-order valence-corrected chi connectivity index (χ1v) is 5.47. The van der Waals surface area contributed by atoms with Gasteiger partial charge >= 0.3 is 0 Å². The van der Waals surface area contributed by atoms with E-state index >= 15 is 0 Å². The van der Waals surface area contributed by atoms with Crippen LogP contribution < -0.4 is 21.5 Å². The fourth-order valence-corrected chi connectivity index (χ4v) is 1.41. The molecule has 1 atom stereocenters. The van der Waals surface area contributed by atoms with Gasteiger partial charge in [-0.25, -0.2) is 0 Å². The van der Waals surface area contributed by atoms with Crippen LogP contribution in [0.5, 0.6) is 5.75 Å². The maximum atomic E-state index is 11.5. The number of ether oxygens (including phenoxy) is 1. The summed E-state index contributed by atoms with van der Waals surface area (Å²) < 4.78 is 5.02. The molecule has 1 rings (SSSR count). The van der Waals surface area contributed by atoms with Gasteiger partial charge in [0.1, 0.15) is 5.75 Å². The Balaban J connectivity index is 2.49. The quantitative estimate of drug-likeness (QED) is 0.613. The van der Waals surface area contributed by atoms with Gasteiger partial charge in [0.05, 0.1) is 19.7 Å². The summed E-state index contributed by atoms with van der Waals surface area (Å²) in [4.78, 5) is 22.0. The van der Waals surface area contributed by atoms with E-state index in [1.165, 1.54) is 0 Å². The fraction of sp³-hybridized carbons (Fsp3) is 0.333. The Morgan fingerprint density at radius 3 is 2.44 bits per heavy atom. The zero-order valence-corrected chi connectivity index (χ0v) is 10.2. The first-order chi connectivity index (χ1) is 8.52. The Morgan fingerprint density at radius 2 is 1.94 bits per heavy atom. The topological polar surface area (TPSA) is 107 Å². The van der Waals surface area contributed by atoms with Gasteiger partial charge in [-0.3, -0.25) is 9.59 Å². The Morgan fingerprint density at radius 1 is 1.33 bits per heavy atom. The summed E-state index contributed by atoms with van der Waals surface area (Å²) in [6.07, 6.45) is 0.384. The molecule has 18 heavy (non-hydrogen) atoms. The average molecular weight is 251 g/mol. The molecule has 0 radical (unpaired) electrons. The van der Waals surface area contributed by atoms with E-state index < -0.39 is 17.9 Å². The summed E-state index contributed by atoms with van der Waals surface area (Å²) in [7, 11) is 1.58. The second-order valence-electron chi connectivity index (χ2n) is 3.84. The Kier molecular flexibility index (Phi) is 5.13. The van der Waals surface area contributed by atoms with Crippen LogP contribution in [0.3, 0.4) is 0 Å². The number of primary amides is 1. The van der Waals surface area contributed by atoms with Crippen molar-refractivity contribution in [3.8, 4) is 5.75 Å². The molecule has 1 aromatic carbocycles. The summed E-state index contributed by atoms with van der Waals surface area (Å²) in [5, 5.41) is 2.36. The molecule has 6 heteroatoms. The number of amides is 2. The molecule has 1 aromatic rings. The number of carbonyl (C=O) groups is 2. The van der Waals surface area contributed by atoms with Crippen molar-refractivity contribution in [2.24, 2.45) is 11.5 Å². The van der Waals surface area contributed by atoms with Crippen LogP contribution in [0.25, 0.3) is 0 Å². The van der Waals surface area contributed by atoms with Gasteiger partial charge in [-0.1, -0.05) is 12.1 Å². The Hall–Kier alpha value is -2.08. The van der Waals surface area contributed by atoms with E-state index in [1.54, 1.807) is 19.2 Å². The third-order valence-electron chi connectivity index (χ3n) is 2.39. The maximum Gasteiger partial charge on any atom is 0.237 e. The third kappa shape index (κ3) is 4.42. The van der Waals surface area contributed by atoms with Gasteiger partial charge < -0.3 is 21.5 Å². The van der Waals surface area contributed by atoms with Crippen LogP contribution in [0.4, 0.5) is 0 Å². The summed E-state index contributed by atoms with van der Waals surface area (Å²) in [6, 6.07) is 6.55. The van der Waals surface area contributed by atoms with E-state index in [0.29, 0.717) is 6.42 Å². The van der Waals surface area contributed by atoms with Crippen LogP contribution in [0, 0.1) is 0 Å². The van der Waals surface area contributed by atoms with Crippen LogP contribution in [-0.4, -0.2) is 31.5 Å². The van der Waals surface area contributed by atoms with Crippen LogP contribution in [-0.2, 0) is 16.0 Å². The van der Waals surface area contributed by atoms with Crippen LogP contribution in [0.1, 0.15) is 5.56 Å². The summed E-state index contributed by atoms with van der Waals surface area (Å²) >= 11 is 0. The molecule has 2 amide bonds. The van der Waals surface area contributed by atoms with Crippen molar-refractivity contribution >= 4 is 11.8 Å². The minimum atomic E-state index is -0.710. The lowest BCUT2D eigenvalue weighted by molar-refractivity contribution is -0.125. The van der Waals surface area contributed by atoms with E-state index in [-0.39, 0.29) is 6.54 Å². The molecular formula is C12H17N3O3. The highest BCUT2D eigenvalue weighted by Gasteiger charge is 2.14. The van der Waals surface area contributed by atoms with E-state index in [2.05, 4.69) is 5.32 Å². The smallest absolute Gasteiger partial charge is 0.237 e. The van der Waals surface area contributed by atoms with Crippen molar-refractivity contribution in [2.75, 3.05) is 13.7 Å². The van der Waals surface area contributed by atoms with E-state index in [1.807, 2.05) is 12.1 Å². The van der Waals surface area contributed by atoms with Crippen LogP contribution >= 0.6 is 0 Å². The van der Waals surface area contributed by atoms with E-state index in [0.717, 1.165) is 11.3 Å². The van der Waals surface area contributed by atoms with Crippen LogP contribution in [0.2, 0.25) is 0 Å². The molecule has 0 bridgehead atoms. The molecule has 5 N–H and O–H groups in total. The molecule has 0 aliphatic carbocycles. The standard InChI is InChI=1S/C12H17N3O3/c1-18-9-4-2-8(3-5-9)6-10(13)12(17)15-7-11(14)16/h2-5,10H,6-7,13H2,1H3,(H2,14,16)(H,15,17)/t10-/m0/s1. The van der Waals surface area contributed by atoms with Crippen molar-refractivity contribution in [1.82, 2.24) is 5.32 Å². The van der Waals surface area contributed by atoms with Gasteiger partial charge in [-0.15, -0.1) is 0 Å². The zero-order valence-electron chi connectivity index (χ0n) is 10.2. The van der Waals surface area contributed by atoms with E-state index in [9.17, 15) is 9.59 Å². The second kappa shape index (κ2) is 6.61. The lowest BCUT2D eigenvalue weighted by atomic mass is 10.1. The molecular weight excluding hydrogens is 234 g/mol. The lowest BCUT2D eigenvalue weighted by Gasteiger charge is -2.11. The zero-order chi connectivity index (χ0) is 13.5. The fourth-order valence-electron chi connectivity index (χ4n) is 1.41. The van der Waals surface area contributed by atoms with Gasteiger partial charge in [0.25, 0.3) is 0 Å². The molecule has 0 aliphatic heterocycles. The highest BCUT2D eigenvalue weighted by Crippen LogP contribution is 2.12. The maximum absolute atomic E-state index is 11.5. The predicted molar refractivity (Wildman–Crippen MR) is 66.9 cm³/mol. The first-order valence-electron chi connectivity index (χ1n) is 5.47. The summed E-state index contributed by atoms with van der Waals surface area (Å²) in [6.45, 7) is -0.199. The van der Waals surface area contributed by atoms with Gasteiger partial charge in [0, 0.05) is 0 Å². The first kappa shape index (κ1) is 14.0. The average Bonchev–Trinajstić information content (AvgIpc) is 2.36. The molecule has 0 saturated heterocycles. The second-order valence-corrected chi connectivity index (χ2v) is 3.84. The summed E-state index contributed by atoms with van der Waals surface area (Å²) in [5.41, 5.74) is 11.5. The number of carbonyl (C=O) groups excluding carboxylic acids is 2. The number of benzene rings is 1. The number of rotatable bonds is 6. The molecule has 0 spiro atoms. The molecule has 0 unspecified atom stereocenters. The van der Waals surface area contributed by atoms with E-state index in [4.69, 9.17) is 16.2 Å². The van der Waals surface area contributed by atoms with Crippen molar-refractivity contribution in [2.45, 2.75) is 12.5 Å². The number of hydrogen-bond donors (Lipinski definition) is 3. The predicted octanol–water partition coefficient (Wildman–Crippen LogP) is -0.833. The van der Waals surface area contributed by atoms with Crippen molar-refractivity contribution < 1.29 is 14.3 Å². The van der Waals surface area contributed by atoms with Gasteiger partial charge in [-0.05, 0) is 24.1 Å². The molecule has 0 aromatic heterocycles. The lowest BCUT2D eigenvalue weighted by Crippen LogP contribution is -2.44. The van der Waals surface area contributed by atoms with Gasteiger partial charge in [0.15, 0.2) is 0 Å². The monoisotopic (exact) mass is 251 g/mol. The third-order valence-corrected chi connectivity index (χ3v) is 2.39. The highest BCUT2D eigenvalue weighted by molar-refractivity contribution is 5.86. The SMILES string of the molecule is COc1ccc(C[C@H](N)C(=O)NCC(N)=O)cc1. The molecule has 0 saturated carbocycles. The largest absolute Gasteiger partial charge is 0.497 e. The minimum Gasteiger partial charge on any atom is -0.497 e. The number of hydrogen-bond acceptors (Lipinski definition) is 4. The van der Waals surface area contributed by atoms with Crippen molar-refractivity contribution in [3.63, 3.8) is 0 Å². The highest BCUT2D eigenvalue weighted by atomic mass is 16.5. The number of nitrogens with two attached hydrogens (primary N) is 2. The Bertz CT molecular complexity index is 417. The molecule has 6 nitrogen and oxygen atoms in total. The van der Waals surface area contributed by atoms with Gasteiger partial charge in [-0.2, -0.15) is 0 Å². The normalized spacial score (nSPS) is 11.7. The minimum absolute atomic E-state index is 0.199.